The maximum absolute atomic E-state index is 12.2. The fourth-order valence-electron chi connectivity index (χ4n) is 3.06. The van der Waals surface area contributed by atoms with E-state index in [-0.39, 0.29) is 18.4 Å². The molecule has 0 spiro atoms. The molecule has 0 saturated heterocycles. The van der Waals surface area contributed by atoms with Crippen LogP contribution in [0.5, 0.6) is 5.75 Å². The van der Waals surface area contributed by atoms with Crippen molar-refractivity contribution in [2.75, 3.05) is 42.8 Å². The molecule has 3 aromatic rings. The van der Waals surface area contributed by atoms with Crippen molar-refractivity contribution < 1.29 is 19.1 Å². The van der Waals surface area contributed by atoms with Gasteiger partial charge in [-0.3, -0.25) is 9.59 Å². The van der Waals surface area contributed by atoms with Crippen LogP contribution in [0.3, 0.4) is 0 Å². The molecule has 7 heteroatoms. The number of anilines is 3. The smallest absolute Gasteiger partial charge is 0.243 e. The minimum Gasteiger partial charge on any atom is -0.491 e. The normalized spacial score (nSPS) is 10.3. The molecule has 0 fully saturated rings. The number of methoxy groups -OCH3 is 1. The van der Waals surface area contributed by atoms with E-state index in [1.165, 1.54) is 0 Å². The Morgan fingerprint density at radius 2 is 1.33 bits per heavy atom. The van der Waals surface area contributed by atoms with Crippen LogP contribution in [0.4, 0.5) is 17.1 Å². The van der Waals surface area contributed by atoms with Crippen LogP contribution in [0.2, 0.25) is 0 Å². The first-order valence-corrected chi connectivity index (χ1v) is 10.8. The fourth-order valence-corrected chi connectivity index (χ4v) is 3.06. The summed E-state index contributed by atoms with van der Waals surface area (Å²) in [7, 11) is 1.62. The molecule has 33 heavy (non-hydrogen) atoms. The molecule has 0 heterocycles. The summed E-state index contributed by atoms with van der Waals surface area (Å²) in [6.45, 7) is 1.11. The van der Waals surface area contributed by atoms with Crippen molar-refractivity contribution in [3.8, 4) is 5.75 Å². The second-order valence-electron chi connectivity index (χ2n) is 7.38. The molecule has 2 amide bonds. The Morgan fingerprint density at radius 3 is 2.00 bits per heavy atom. The highest BCUT2D eigenvalue weighted by Gasteiger charge is 2.05. The molecular weight excluding hydrogens is 418 g/mol. The molecule has 3 rings (SSSR count). The lowest BCUT2D eigenvalue weighted by Gasteiger charge is -2.10. The van der Waals surface area contributed by atoms with E-state index in [1.807, 2.05) is 54.6 Å². The number of carbonyl (C=O) groups is 2. The second kappa shape index (κ2) is 12.9. The van der Waals surface area contributed by atoms with Crippen LogP contribution in [0.1, 0.15) is 12.0 Å². The summed E-state index contributed by atoms with van der Waals surface area (Å²) in [4.78, 5) is 24.4. The lowest BCUT2D eigenvalue weighted by atomic mass is 10.1. The summed E-state index contributed by atoms with van der Waals surface area (Å²) >= 11 is 0. The van der Waals surface area contributed by atoms with Crippen LogP contribution < -0.4 is 20.7 Å². The minimum absolute atomic E-state index is 0.0333. The zero-order chi connectivity index (χ0) is 23.3. The molecular formula is C26H29N3O4. The van der Waals surface area contributed by atoms with Gasteiger partial charge in [-0.2, -0.15) is 0 Å². The van der Waals surface area contributed by atoms with E-state index in [0.717, 1.165) is 22.7 Å². The Bertz CT molecular complexity index is 1010. The number of hydrogen-bond acceptors (Lipinski definition) is 5. The molecule has 0 unspecified atom stereocenters. The van der Waals surface area contributed by atoms with E-state index in [9.17, 15) is 9.59 Å². The third-order valence-electron chi connectivity index (χ3n) is 4.80. The largest absolute Gasteiger partial charge is 0.491 e. The maximum Gasteiger partial charge on any atom is 0.243 e. The molecule has 0 saturated carbocycles. The molecule has 3 N–H and O–H groups in total. The van der Waals surface area contributed by atoms with E-state index in [1.54, 1.807) is 31.4 Å². The van der Waals surface area contributed by atoms with Crippen LogP contribution in [0.15, 0.2) is 78.9 Å². The lowest BCUT2D eigenvalue weighted by Crippen LogP contribution is -2.21. The van der Waals surface area contributed by atoms with Gasteiger partial charge >= 0.3 is 0 Å². The summed E-state index contributed by atoms with van der Waals surface area (Å²) in [5.41, 5.74) is 3.33. The van der Waals surface area contributed by atoms with Crippen molar-refractivity contribution in [3.05, 3.63) is 84.4 Å². The average Bonchev–Trinajstić information content (AvgIpc) is 2.84. The van der Waals surface area contributed by atoms with Gasteiger partial charge in [0.1, 0.15) is 12.4 Å². The lowest BCUT2D eigenvalue weighted by molar-refractivity contribution is -0.116. The van der Waals surface area contributed by atoms with Gasteiger partial charge in [-0.1, -0.05) is 30.3 Å². The standard InChI is InChI=1S/C26H29N3O4/c1-32-17-18-33-24-14-12-23(13-15-24)29-26(31)19-27-21-8-10-22(11-9-21)28-25(30)16-7-20-5-3-2-4-6-20/h2-6,8-15,27H,7,16-19H2,1H3,(H,28,30)(H,29,31). The van der Waals surface area contributed by atoms with Gasteiger partial charge in [-0.15, -0.1) is 0 Å². The number of aryl methyl sites for hydroxylation is 1. The number of nitrogens with one attached hydrogen (secondary N) is 3. The Balaban J connectivity index is 1.38. The summed E-state index contributed by atoms with van der Waals surface area (Å²) < 4.78 is 10.4. The molecule has 0 aromatic heterocycles. The van der Waals surface area contributed by atoms with Crippen molar-refractivity contribution in [3.63, 3.8) is 0 Å². The van der Waals surface area contributed by atoms with Gasteiger partial charge in [-0.25, -0.2) is 0 Å². The number of ether oxygens (including phenoxy) is 2. The summed E-state index contributed by atoms with van der Waals surface area (Å²) in [5, 5.41) is 8.80. The average molecular weight is 448 g/mol. The highest BCUT2D eigenvalue weighted by molar-refractivity contribution is 5.94. The fraction of sp³-hybridized carbons (Fsp3) is 0.231. The molecule has 172 valence electrons. The number of benzene rings is 3. The first-order chi connectivity index (χ1) is 16.1. The molecule has 7 nitrogen and oxygen atoms in total. The molecule has 0 aliphatic rings. The first kappa shape index (κ1) is 23.8. The van der Waals surface area contributed by atoms with E-state index in [2.05, 4.69) is 16.0 Å². The molecule has 0 aliphatic heterocycles. The number of hydrogen-bond donors (Lipinski definition) is 3. The molecule has 0 atom stereocenters. The van der Waals surface area contributed by atoms with Crippen molar-refractivity contribution in [2.24, 2.45) is 0 Å². The van der Waals surface area contributed by atoms with E-state index < -0.39 is 0 Å². The third-order valence-corrected chi connectivity index (χ3v) is 4.80. The van der Waals surface area contributed by atoms with E-state index in [4.69, 9.17) is 9.47 Å². The first-order valence-electron chi connectivity index (χ1n) is 10.8. The quantitative estimate of drug-likeness (QED) is 0.360. The van der Waals surface area contributed by atoms with Crippen LogP contribution in [-0.2, 0) is 20.7 Å². The second-order valence-corrected chi connectivity index (χ2v) is 7.38. The summed E-state index contributed by atoms with van der Waals surface area (Å²) in [5.74, 6) is 0.519. The van der Waals surface area contributed by atoms with Gasteiger partial charge in [0.2, 0.25) is 11.8 Å². The molecule has 3 aromatic carbocycles. The third kappa shape index (κ3) is 8.66. The van der Waals surface area contributed by atoms with Crippen molar-refractivity contribution in [1.82, 2.24) is 0 Å². The van der Waals surface area contributed by atoms with E-state index in [0.29, 0.717) is 31.7 Å². The summed E-state index contributed by atoms with van der Waals surface area (Å²) in [6, 6.07) is 24.4. The predicted molar refractivity (Wildman–Crippen MR) is 131 cm³/mol. The van der Waals surface area contributed by atoms with Crippen LogP contribution in [-0.4, -0.2) is 38.7 Å². The van der Waals surface area contributed by atoms with Gasteiger partial charge < -0.3 is 25.4 Å². The summed E-state index contributed by atoms with van der Waals surface area (Å²) in [6.07, 6.45) is 1.12. The Morgan fingerprint density at radius 1 is 0.727 bits per heavy atom. The van der Waals surface area contributed by atoms with Crippen LogP contribution >= 0.6 is 0 Å². The van der Waals surface area contributed by atoms with E-state index >= 15 is 0 Å². The Hall–Kier alpha value is -3.84. The van der Waals surface area contributed by atoms with Gasteiger partial charge in [-0.05, 0) is 60.5 Å². The molecule has 0 bridgehead atoms. The number of amides is 2. The predicted octanol–water partition coefficient (Wildman–Crippen LogP) is 4.33. The molecule has 0 aliphatic carbocycles. The highest BCUT2D eigenvalue weighted by Crippen LogP contribution is 2.16. The zero-order valence-electron chi connectivity index (χ0n) is 18.7. The van der Waals surface area contributed by atoms with Gasteiger partial charge in [0.25, 0.3) is 0 Å². The van der Waals surface area contributed by atoms with Crippen molar-refractivity contribution in [2.45, 2.75) is 12.8 Å². The molecule has 0 radical (unpaired) electrons. The van der Waals surface area contributed by atoms with Gasteiger partial charge in [0.05, 0.1) is 13.2 Å². The Kier molecular flexibility index (Phi) is 9.29. The SMILES string of the molecule is COCCOc1ccc(NC(=O)CNc2ccc(NC(=O)CCc3ccccc3)cc2)cc1. The maximum atomic E-state index is 12.2. The van der Waals surface area contributed by atoms with Crippen molar-refractivity contribution >= 4 is 28.9 Å². The number of carbonyl (C=O) groups excluding carboxylic acids is 2. The van der Waals surface area contributed by atoms with Crippen LogP contribution in [0.25, 0.3) is 0 Å². The van der Waals surface area contributed by atoms with Crippen molar-refractivity contribution in [1.29, 1.82) is 0 Å². The van der Waals surface area contributed by atoms with Gasteiger partial charge in [0, 0.05) is 30.6 Å². The Labute approximate surface area is 194 Å². The zero-order valence-corrected chi connectivity index (χ0v) is 18.7. The highest BCUT2D eigenvalue weighted by atomic mass is 16.5. The number of rotatable bonds is 12. The minimum atomic E-state index is -0.165. The van der Waals surface area contributed by atoms with Gasteiger partial charge in [0.15, 0.2) is 0 Å². The van der Waals surface area contributed by atoms with Crippen LogP contribution in [0, 0.1) is 0 Å². The monoisotopic (exact) mass is 447 g/mol. The topological polar surface area (TPSA) is 88.7 Å².